The highest BCUT2D eigenvalue weighted by Gasteiger charge is 2.64. The number of amides is 5. The van der Waals surface area contributed by atoms with Crippen molar-refractivity contribution in [2.75, 3.05) is 79.3 Å². The molecule has 5 amide bonds. The molecule has 12 aliphatic rings. The molecule has 856 valence electrons. The van der Waals surface area contributed by atoms with Crippen molar-refractivity contribution in [2.24, 2.45) is 0 Å². The number of ether oxygens (including phenoxy) is 23. The summed E-state index contributed by atoms with van der Waals surface area (Å²) in [5, 5.41) is 381. The average Bonchev–Trinajstić information content (AvgIpc) is 0.764. The molecule has 66 nitrogen and oxygen atoms in total. The molecule has 0 aliphatic carbocycles. The van der Waals surface area contributed by atoms with Gasteiger partial charge in [-0.2, -0.15) is 0 Å². The number of nitrogens with one attached hydrogen (secondary N) is 5. The van der Waals surface area contributed by atoms with E-state index in [2.05, 4.69) is 26.6 Å². The van der Waals surface area contributed by atoms with Crippen LogP contribution in [0.25, 0.3) is 0 Å². The van der Waals surface area contributed by atoms with Gasteiger partial charge in [0.25, 0.3) is 0 Å². The predicted molar refractivity (Wildman–Crippen MR) is 453 cm³/mol. The zero-order valence-electron chi connectivity index (χ0n) is 79.3. The van der Waals surface area contributed by atoms with E-state index in [1.807, 2.05) is 0 Å². The SMILES string of the molecule is CC(=O)N[C@H]1[C@H](OC[C@H]2O[C@@H](O[C@H]3[C@H](O)[C@@H](NC(C)=O)C(O)O[C@@H]3CO)[C@H](O)[C@@H](O[C@@H]3O[C@H](CO)[C@@H](O[C@@H]4O[C@H](CO)[C@H](O)[C@H](O[C@@H]5O[C@H](CO)[C@@H](O[C@@H]6O[C@H](CO)[C@H](O)[C@H](O[C@H]7O[C@H](CO)[C@H](O)[C@H](O)[C@H]7O)[C@H]6O)[C@H](O)[C@H]5NC(C)=O)[C@H]4O)[C@H](O)[C@H]3NC(C)=O)[C@H]2O)O[C@H](CO)[C@@H](O[C@@H]2O[C@H](CO)[C@H](O)[C@H](O[C@@H]3O[C@H](CO)[C@@H](O[C@@H]4O[C@H](CO)[C@H](O)[C@H](O[C@H]5O[C@H](CO)[C@H](O)[C@H](O)[C@H]5O)[C@H]4O)[C@H](O)[C@H]3NC(C)=O)[C@H]2O)[C@@H]1O. The summed E-state index contributed by atoms with van der Waals surface area (Å²) in [6.45, 7) is -8.97. The van der Waals surface area contributed by atoms with Gasteiger partial charge in [0.2, 0.25) is 29.5 Å². The minimum Gasteiger partial charge on any atom is -0.394 e. The van der Waals surface area contributed by atoms with Crippen LogP contribution in [-0.4, -0.2) is 645 Å². The molecule has 0 aromatic carbocycles. The van der Waals surface area contributed by atoms with Crippen molar-refractivity contribution >= 4 is 29.5 Å². The zero-order chi connectivity index (χ0) is 109. The smallest absolute Gasteiger partial charge is 0.217 e. The zero-order valence-corrected chi connectivity index (χ0v) is 79.3. The van der Waals surface area contributed by atoms with Crippen LogP contribution >= 0.6 is 0 Å². The molecule has 12 fully saturated rings. The second-order valence-corrected chi connectivity index (χ2v) is 37.3. The average molecular weight is 2170 g/mol. The van der Waals surface area contributed by atoms with Crippen molar-refractivity contribution in [2.45, 2.75) is 403 Å². The highest BCUT2D eigenvalue weighted by molar-refractivity contribution is 5.75. The molecule has 60 atom stereocenters. The topological polar surface area (TPSA) is 1030 Å². The van der Waals surface area contributed by atoms with Gasteiger partial charge in [-0.3, -0.25) is 24.0 Å². The Balaban J connectivity index is 0.758. The van der Waals surface area contributed by atoms with E-state index in [1.165, 1.54) is 0 Å². The molecule has 38 N–H and O–H groups in total. The summed E-state index contributed by atoms with van der Waals surface area (Å²) in [6.07, 6.45) is -116. The second-order valence-electron chi connectivity index (χ2n) is 37.3. The normalized spacial score (nSPS) is 49.3. The number of carbonyl (C=O) groups is 5. The molecule has 0 aromatic rings. The standard InChI is InChI=1S/C82H137N5O61/c1-18(99)83-35-47(111)61(29(12-94)127-71(35)125)139-82-60(124)70(146-75-39(87-22(5)103)51(115)63(33(16-98)137-75)141-79-57(121)67(43(107)26(9-91)131-79)145-74-38(86-21(4)102)50(114)65(32(15-97)136-74)143-81-59(123)69(45(109)28(11-93)133-81)148-77-55(119)53(117)41(105)24(7-89)129-77)46(110)34(138-82)17-126-72-36(84-19(2)100)48(112)62(30(13-95)134-72)140-78-56(120)66(42(106)25(8-90)130-78)144-73-37(85-20(3)101)49(113)64(31(14-96)135-73)142-80-58(122)68(44(108)27(10-92)132-80)147-76-54(118)52(116)40(104)23(6-88)128-76/h23-82,88-98,104-125H,6-17H2,1-5H3,(H,83,99)(H,84,100)(H,85,101)(H,86,102)(H,87,103)/t23-,24-,25-,26-,27-,28-,29-,30-,31-,32-,33-,34-,35-,36-,37-,38-,39-,40+,41+,42+,43+,44+,45+,46+,47-,48-,49-,50-,51-,52+,53+,54-,55-,56-,57-,58-,59-,60-,61-,62-,63-,64-,65-,66+,67+,68+,69+,70+,71?,72-,73+,74+,75+,76-,77-,78+,79+,80+,81+,82+/m1/s1. The van der Waals surface area contributed by atoms with Gasteiger partial charge in [0.15, 0.2) is 75.5 Å². The van der Waals surface area contributed by atoms with E-state index < -0.39 is 477 Å². The molecule has 12 rings (SSSR count). The van der Waals surface area contributed by atoms with E-state index in [0.717, 1.165) is 34.6 Å². The Labute approximate surface area is 837 Å². The van der Waals surface area contributed by atoms with Gasteiger partial charge >= 0.3 is 0 Å². The lowest BCUT2D eigenvalue weighted by atomic mass is 9.93. The van der Waals surface area contributed by atoms with Gasteiger partial charge in [-0.25, -0.2) is 0 Å². The van der Waals surface area contributed by atoms with Crippen LogP contribution in [-0.2, 0) is 133 Å². The molecule has 0 saturated carbocycles. The van der Waals surface area contributed by atoms with Crippen LogP contribution in [0.15, 0.2) is 0 Å². The van der Waals surface area contributed by atoms with E-state index in [0.29, 0.717) is 0 Å². The van der Waals surface area contributed by atoms with Crippen LogP contribution in [0.2, 0.25) is 0 Å². The minimum absolute atomic E-state index is 0.875. The van der Waals surface area contributed by atoms with Crippen LogP contribution < -0.4 is 26.6 Å². The Kier molecular flexibility index (Phi) is 43.9. The van der Waals surface area contributed by atoms with Gasteiger partial charge < -0.3 is 304 Å². The first kappa shape index (κ1) is 122. The number of hydrogen-bond donors (Lipinski definition) is 38. The number of rotatable bonds is 39. The van der Waals surface area contributed by atoms with Crippen molar-refractivity contribution < 1.29 is 301 Å². The van der Waals surface area contributed by atoms with E-state index in [9.17, 15) is 192 Å². The van der Waals surface area contributed by atoms with Crippen LogP contribution in [0.4, 0.5) is 0 Å². The summed E-state index contributed by atoms with van der Waals surface area (Å²) in [6, 6.07) is -9.82. The second kappa shape index (κ2) is 53.4. The minimum atomic E-state index is -2.51. The third kappa shape index (κ3) is 26.7. The lowest BCUT2D eigenvalue weighted by Crippen LogP contribution is -2.71. The van der Waals surface area contributed by atoms with Crippen LogP contribution in [0.5, 0.6) is 0 Å². The maximum Gasteiger partial charge on any atom is 0.217 e. The molecule has 0 radical (unpaired) electrons. The summed E-state index contributed by atoms with van der Waals surface area (Å²) >= 11 is 0. The number of hydrogen-bond acceptors (Lipinski definition) is 61. The van der Waals surface area contributed by atoms with Gasteiger partial charge in [-0.15, -0.1) is 0 Å². The first-order chi connectivity index (χ1) is 70.1. The first-order valence-corrected chi connectivity index (χ1v) is 47.2. The first-order valence-electron chi connectivity index (χ1n) is 47.2. The predicted octanol–water partition coefficient (Wildman–Crippen LogP) is -26.4. The van der Waals surface area contributed by atoms with E-state index in [1.54, 1.807) is 0 Å². The van der Waals surface area contributed by atoms with Gasteiger partial charge in [0, 0.05) is 34.6 Å². The summed E-state index contributed by atoms with van der Waals surface area (Å²) < 4.78 is 135. The molecule has 1 unspecified atom stereocenters. The lowest BCUT2D eigenvalue weighted by molar-refractivity contribution is -0.390. The highest BCUT2D eigenvalue weighted by atomic mass is 16.8. The Morgan fingerprint density at radius 2 is 0.345 bits per heavy atom. The maximum atomic E-state index is 13.4. The van der Waals surface area contributed by atoms with Crippen LogP contribution in [0.3, 0.4) is 0 Å². The summed E-state index contributed by atoms with van der Waals surface area (Å²) in [4.78, 5) is 65.0. The number of aliphatic hydroxyl groups is 33. The fraction of sp³-hybridized carbons (Fsp3) is 0.939. The van der Waals surface area contributed by atoms with Crippen molar-refractivity contribution in [3.8, 4) is 0 Å². The van der Waals surface area contributed by atoms with Gasteiger partial charge in [-0.1, -0.05) is 0 Å². The van der Waals surface area contributed by atoms with E-state index in [4.69, 9.17) is 109 Å². The quantitative estimate of drug-likeness (QED) is 0.0272. The van der Waals surface area contributed by atoms with Gasteiger partial charge in [0.05, 0.1) is 79.3 Å². The third-order valence-corrected chi connectivity index (χ3v) is 27.1. The Bertz CT molecular complexity index is 4130. The molecular formula is C82H137N5O61. The van der Waals surface area contributed by atoms with Crippen molar-refractivity contribution in [3.63, 3.8) is 0 Å². The van der Waals surface area contributed by atoms with Crippen LogP contribution in [0.1, 0.15) is 34.6 Å². The third-order valence-electron chi connectivity index (χ3n) is 27.1. The Morgan fingerprint density at radius 3 is 0.581 bits per heavy atom. The van der Waals surface area contributed by atoms with Crippen LogP contribution in [0, 0.1) is 0 Å². The molecule has 12 aliphatic heterocycles. The fourth-order valence-electron chi connectivity index (χ4n) is 19.3. The largest absolute Gasteiger partial charge is 0.394 e. The molecule has 0 aromatic heterocycles. The van der Waals surface area contributed by atoms with E-state index >= 15 is 0 Å². The molecule has 0 bridgehead atoms. The molecule has 12 saturated heterocycles. The highest BCUT2D eigenvalue weighted by Crippen LogP contribution is 2.43. The fourth-order valence-corrected chi connectivity index (χ4v) is 19.3. The molecule has 148 heavy (non-hydrogen) atoms. The van der Waals surface area contributed by atoms with Crippen molar-refractivity contribution in [1.82, 2.24) is 26.6 Å². The molecule has 0 spiro atoms. The van der Waals surface area contributed by atoms with E-state index in [-0.39, 0.29) is 0 Å². The van der Waals surface area contributed by atoms with Gasteiger partial charge in [-0.05, 0) is 0 Å². The Morgan fingerprint density at radius 1 is 0.176 bits per heavy atom. The molecule has 66 heteroatoms. The molecular weight excluding hydrogens is 2030 g/mol. The number of aliphatic hydroxyl groups excluding tert-OH is 33. The summed E-state index contributed by atoms with van der Waals surface area (Å²) in [5.41, 5.74) is 0. The number of carbonyl (C=O) groups excluding carboxylic acids is 5. The Hall–Kier alpha value is -4.89. The lowest BCUT2D eigenvalue weighted by Gasteiger charge is -2.51. The molecule has 12 heterocycles. The van der Waals surface area contributed by atoms with Crippen molar-refractivity contribution in [3.05, 3.63) is 0 Å². The van der Waals surface area contributed by atoms with Crippen molar-refractivity contribution in [1.29, 1.82) is 0 Å². The van der Waals surface area contributed by atoms with Gasteiger partial charge in [0.1, 0.15) is 293 Å². The maximum absolute atomic E-state index is 13.4. The monoisotopic (exact) mass is 2170 g/mol. The summed E-state index contributed by atoms with van der Waals surface area (Å²) in [7, 11) is 0. The summed E-state index contributed by atoms with van der Waals surface area (Å²) in [5.74, 6) is -4.86.